The van der Waals surface area contributed by atoms with Gasteiger partial charge in [0.05, 0.1) is 0 Å². The quantitative estimate of drug-likeness (QED) is 0.571. The van der Waals surface area contributed by atoms with Gasteiger partial charge in [0.1, 0.15) is 5.75 Å². The Morgan fingerprint density at radius 2 is 2.00 bits per heavy atom. The van der Waals surface area contributed by atoms with Crippen LogP contribution in [0.4, 0.5) is 5.69 Å². The molecule has 0 atom stereocenters. The molecule has 21 heavy (non-hydrogen) atoms. The van der Waals surface area contributed by atoms with Gasteiger partial charge < -0.3 is 10.4 Å². The summed E-state index contributed by atoms with van der Waals surface area (Å²) >= 11 is 1.61. The summed E-state index contributed by atoms with van der Waals surface area (Å²) in [5, 5.41) is 13.1. The Bertz CT molecular complexity index is 637. The minimum atomic E-state index is 0.263. The number of benzene rings is 2. The Morgan fingerprint density at radius 1 is 1.24 bits per heavy atom. The molecule has 0 bridgehead atoms. The van der Waals surface area contributed by atoms with E-state index in [2.05, 4.69) is 37.0 Å². The summed E-state index contributed by atoms with van der Waals surface area (Å²) in [5.74, 6) is 0.263. The SMILES string of the molecule is C=C(Sc1ccccc1CCC)c1cc(NC)ccc1O. The first kappa shape index (κ1) is 15.5. The van der Waals surface area contributed by atoms with E-state index >= 15 is 0 Å². The molecule has 0 spiro atoms. The zero-order valence-corrected chi connectivity index (χ0v) is 13.3. The van der Waals surface area contributed by atoms with Gasteiger partial charge in [-0.15, -0.1) is 0 Å². The molecule has 0 aromatic heterocycles. The molecule has 3 heteroatoms. The van der Waals surface area contributed by atoms with Gasteiger partial charge in [-0.2, -0.15) is 0 Å². The number of phenolic OH excluding ortho intramolecular Hbond substituents is 1. The number of nitrogens with one attached hydrogen (secondary N) is 1. The summed E-state index contributed by atoms with van der Waals surface area (Å²) in [4.78, 5) is 2.06. The van der Waals surface area contributed by atoms with Crippen molar-refractivity contribution >= 4 is 22.4 Å². The first-order valence-electron chi connectivity index (χ1n) is 7.11. The van der Waals surface area contributed by atoms with E-state index in [-0.39, 0.29) is 5.75 Å². The van der Waals surface area contributed by atoms with Gasteiger partial charge in [0.2, 0.25) is 0 Å². The lowest BCUT2D eigenvalue weighted by atomic mass is 10.1. The third-order valence-corrected chi connectivity index (χ3v) is 4.40. The van der Waals surface area contributed by atoms with Crippen LogP contribution in [-0.2, 0) is 6.42 Å². The molecule has 2 rings (SSSR count). The highest BCUT2D eigenvalue weighted by molar-refractivity contribution is 8.08. The molecule has 2 aromatic carbocycles. The zero-order valence-electron chi connectivity index (χ0n) is 12.5. The number of aryl methyl sites for hydroxylation is 1. The number of hydrogen-bond donors (Lipinski definition) is 2. The third kappa shape index (κ3) is 3.82. The molecule has 0 saturated heterocycles. The molecule has 0 amide bonds. The van der Waals surface area contributed by atoms with Gasteiger partial charge in [0, 0.05) is 28.1 Å². The molecular weight excluding hydrogens is 278 g/mol. The van der Waals surface area contributed by atoms with Gasteiger partial charge in [0.25, 0.3) is 0 Å². The Morgan fingerprint density at radius 3 is 2.71 bits per heavy atom. The topological polar surface area (TPSA) is 32.3 Å². The molecule has 0 heterocycles. The standard InChI is InChI=1S/C18H21NOS/c1-4-7-14-8-5-6-9-18(14)21-13(2)16-12-15(19-3)10-11-17(16)20/h5-6,8-12,19-20H,2,4,7H2,1,3H3. The van der Waals surface area contributed by atoms with Crippen LogP contribution in [0.3, 0.4) is 0 Å². The first-order chi connectivity index (χ1) is 10.2. The largest absolute Gasteiger partial charge is 0.507 e. The van der Waals surface area contributed by atoms with E-state index in [1.807, 2.05) is 25.2 Å². The van der Waals surface area contributed by atoms with Crippen molar-refractivity contribution in [3.05, 3.63) is 60.2 Å². The van der Waals surface area contributed by atoms with Crippen LogP contribution in [0, 0.1) is 0 Å². The number of thioether (sulfide) groups is 1. The number of anilines is 1. The second-order valence-electron chi connectivity index (χ2n) is 4.86. The number of phenols is 1. The lowest BCUT2D eigenvalue weighted by Crippen LogP contribution is -1.91. The molecule has 2 nitrogen and oxygen atoms in total. The highest BCUT2D eigenvalue weighted by Gasteiger charge is 2.10. The number of rotatable bonds is 6. The van der Waals surface area contributed by atoms with E-state index in [1.54, 1.807) is 17.8 Å². The average Bonchev–Trinajstić information content (AvgIpc) is 2.50. The van der Waals surface area contributed by atoms with Crippen molar-refractivity contribution in [2.24, 2.45) is 0 Å². The molecule has 0 aliphatic carbocycles. The predicted octanol–water partition coefficient (Wildman–Crippen LogP) is 5.15. The first-order valence-corrected chi connectivity index (χ1v) is 7.93. The highest BCUT2D eigenvalue weighted by Crippen LogP contribution is 2.39. The van der Waals surface area contributed by atoms with Crippen LogP contribution in [0.1, 0.15) is 24.5 Å². The smallest absolute Gasteiger partial charge is 0.124 e. The van der Waals surface area contributed by atoms with Crippen LogP contribution in [0.15, 0.2) is 53.9 Å². The summed E-state index contributed by atoms with van der Waals surface area (Å²) < 4.78 is 0. The molecular formula is C18H21NOS. The highest BCUT2D eigenvalue weighted by atomic mass is 32.2. The summed E-state index contributed by atoms with van der Waals surface area (Å²) in [7, 11) is 1.86. The van der Waals surface area contributed by atoms with Crippen molar-refractivity contribution in [1.82, 2.24) is 0 Å². The Kier molecular flexibility index (Phi) is 5.34. The van der Waals surface area contributed by atoms with Crippen LogP contribution >= 0.6 is 11.8 Å². The second-order valence-corrected chi connectivity index (χ2v) is 6.00. The fourth-order valence-corrected chi connectivity index (χ4v) is 3.17. The van der Waals surface area contributed by atoms with Crippen LogP contribution in [0.2, 0.25) is 0 Å². The third-order valence-electron chi connectivity index (χ3n) is 3.31. The minimum absolute atomic E-state index is 0.263. The lowest BCUT2D eigenvalue weighted by molar-refractivity contribution is 0.474. The lowest BCUT2D eigenvalue weighted by Gasteiger charge is -2.12. The Balaban J connectivity index is 2.26. The van der Waals surface area contributed by atoms with Crippen LogP contribution in [0.25, 0.3) is 4.91 Å². The zero-order chi connectivity index (χ0) is 15.2. The Hall–Kier alpha value is -1.87. The summed E-state index contributed by atoms with van der Waals surface area (Å²) in [6.45, 7) is 6.31. The van der Waals surface area contributed by atoms with E-state index in [0.717, 1.165) is 29.0 Å². The molecule has 0 radical (unpaired) electrons. The van der Waals surface area contributed by atoms with Crippen molar-refractivity contribution in [2.75, 3.05) is 12.4 Å². The fraction of sp³-hybridized carbons (Fsp3) is 0.222. The van der Waals surface area contributed by atoms with Crippen molar-refractivity contribution in [3.63, 3.8) is 0 Å². The summed E-state index contributed by atoms with van der Waals surface area (Å²) in [5.41, 5.74) is 3.07. The van der Waals surface area contributed by atoms with Crippen LogP contribution < -0.4 is 5.32 Å². The molecule has 0 aliphatic heterocycles. The van der Waals surface area contributed by atoms with Gasteiger partial charge in [-0.3, -0.25) is 0 Å². The predicted molar refractivity (Wildman–Crippen MR) is 93.0 cm³/mol. The van der Waals surface area contributed by atoms with E-state index in [0.29, 0.717) is 0 Å². The van der Waals surface area contributed by atoms with Gasteiger partial charge in [0.15, 0.2) is 0 Å². The van der Waals surface area contributed by atoms with E-state index in [4.69, 9.17) is 0 Å². The van der Waals surface area contributed by atoms with Gasteiger partial charge >= 0.3 is 0 Å². The molecule has 2 aromatic rings. The fourth-order valence-electron chi connectivity index (χ4n) is 2.18. The van der Waals surface area contributed by atoms with Crippen molar-refractivity contribution in [3.8, 4) is 5.75 Å². The maximum absolute atomic E-state index is 10.0. The van der Waals surface area contributed by atoms with E-state index in [9.17, 15) is 5.11 Å². The maximum Gasteiger partial charge on any atom is 0.124 e. The second kappa shape index (κ2) is 7.23. The molecule has 2 N–H and O–H groups in total. The molecule has 0 fully saturated rings. The van der Waals surface area contributed by atoms with Gasteiger partial charge in [-0.05, 0) is 36.2 Å². The average molecular weight is 299 g/mol. The maximum atomic E-state index is 10.0. The van der Waals surface area contributed by atoms with Gasteiger partial charge in [-0.1, -0.05) is 49.9 Å². The number of aromatic hydroxyl groups is 1. The van der Waals surface area contributed by atoms with Gasteiger partial charge in [-0.25, -0.2) is 0 Å². The van der Waals surface area contributed by atoms with Crippen LogP contribution in [0.5, 0.6) is 5.75 Å². The number of hydrogen-bond acceptors (Lipinski definition) is 3. The van der Waals surface area contributed by atoms with E-state index < -0.39 is 0 Å². The molecule has 0 aliphatic rings. The van der Waals surface area contributed by atoms with Crippen molar-refractivity contribution in [1.29, 1.82) is 0 Å². The molecule has 0 unspecified atom stereocenters. The summed E-state index contributed by atoms with van der Waals surface area (Å²) in [6.07, 6.45) is 2.17. The molecule has 0 saturated carbocycles. The molecule has 110 valence electrons. The van der Waals surface area contributed by atoms with Crippen molar-refractivity contribution in [2.45, 2.75) is 24.7 Å². The van der Waals surface area contributed by atoms with E-state index in [1.165, 1.54) is 10.5 Å². The Labute approximate surface area is 130 Å². The van der Waals surface area contributed by atoms with Crippen molar-refractivity contribution < 1.29 is 5.11 Å². The van der Waals surface area contributed by atoms with Crippen LogP contribution in [-0.4, -0.2) is 12.2 Å². The normalized spacial score (nSPS) is 10.4. The summed E-state index contributed by atoms with van der Waals surface area (Å²) in [6, 6.07) is 13.8. The monoisotopic (exact) mass is 299 g/mol. The minimum Gasteiger partial charge on any atom is -0.507 e.